The largest absolute Gasteiger partial charge is 0.497 e. The van der Waals surface area contributed by atoms with Crippen LogP contribution in [0.4, 0.5) is 5.95 Å². The minimum absolute atomic E-state index is 0.150. The van der Waals surface area contributed by atoms with Gasteiger partial charge in [0.2, 0.25) is 11.9 Å². The first-order chi connectivity index (χ1) is 10.2. The molecule has 7 nitrogen and oxygen atoms in total. The van der Waals surface area contributed by atoms with E-state index in [1.165, 1.54) is 0 Å². The molecule has 0 aliphatic carbocycles. The number of hydrogen-bond acceptors (Lipinski definition) is 5. The van der Waals surface area contributed by atoms with E-state index in [1.807, 2.05) is 18.2 Å². The molecular weight excluding hydrogens is 272 g/mol. The molecule has 1 unspecified atom stereocenters. The third kappa shape index (κ3) is 2.81. The maximum atomic E-state index is 12.2. The maximum Gasteiger partial charge on any atom is 0.248 e. The molecule has 0 fully saturated rings. The molecule has 110 valence electrons. The van der Waals surface area contributed by atoms with E-state index in [-0.39, 0.29) is 17.8 Å². The molecule has 0 radical (unpaired) electrons. The summed E-state index contributed by atoms with van der Waals surface area (Å²) in [6, 6.07) is 5.60. The lowest BCUT2D eigenvalue weighted by atomic mass is 9.96. The van der Waals surface area contributed by atoms with Crippen molar-refractivity contribution in [2.75, 3.05) is 19.0 Å². The Kier molecular flexibility index (Phi) is 3.47. The number of H-pyrrole nitrogens is 1. The monoisotopic (exact) mass is 288 g/mol. The van der Waals surface area contributed by atoms with Crippen LogP contribution in [0.15, 0.2) is 18.2 Å². The van der Waals surface area contributed by atoms with Crippen molar-refractivity contribution in [3.63, 3.8) is 0 Å². The van der Waals surface area contributed by atoms with Crippen molar-refractivity contribution in [3.05, 3.63) is 29.6 Å². The van der Waals surface area contributed by atoms with E-state index in [2.05, 4.69) is 20.5 Å². The van der Waals surface area contributed by atoms with E-state index >= 15 is 0 Å². The predicted octanol–water partition coefficient (Wildman–Crippen LogP) is 1.31. The molecule has 0 bridgehead atoms. The van der Waals surface area contributed by atoms with E-state index < -0.39 is 0 Å². The number of anilines is 1. The highest BCUT2D eigenvalue weighted by Crippen LogP contribution is 2.30. The van der Waals surface area contributed by atoms with Gasteiger partial charge < -0.3 is 9.47 Å². The van der Waals surface area contributed by atoms with Crippen molar-refractivity contribution in [1.82, 2.24) is 15.2 Å². The topological polar surface area (TPSA) is 89.1 Å². The quantitative estimate of drug-likeness (QED) is 0.889. The molecule has 1 aromatic heterocycles. The SMILES string of the molecule is COc1ccc2c(c1)CC(C(=O)Nc1n[nH]c(C)n1)CO2. The summed E-state index contributed by atoms with van der Waals surface area (Å²) >= 11 is 0. The number of fused-ring (bicyclic) bond motifs is 1. The summed E-state index contributed by atoms with van der Waals surface area (Å²) in [5.41, 5.74) is 0.965. The summed E-state index contributed by atoms with van der Waals surface area (Å²) in [6.45, 7) is 2.11. The van der Waals surface area contributed by atoms with Crippen molar-refractivity contribution in [2.45, 2.75) is 13.3 Å². The number of benzene rings is 1. The van der Waals surface area contributed by atoms with Gasteiger partial charge in [0.05, 0.1) is 13.0 Å². The summed E-state index contributed by atoms with van der Waals surface area (Å²) in [5.74, 6) is 2.07. The number of carbonyl (C=O) groups excluding carboxylic acids is 1. The number of aryl methyl sites for hydroxylation is 1. The maximum absolute atomic E-state index is 12.2. The second-order valence-electron chi connectivity index (χ2n) is 4.92. The first-order valence-electron chi connectivity index (χ1n) is 6.65. The van der Waals surface area contributed by atoms with Gasteiger partial charge in [0.25, 0.3) is 0 Å². The first kappa shape index (κ1) is 13.4. The van der Waals surface area contributed by atoms with Gasteiger partial charge in [0.15, 0.2) is 0 Å². The number of carbonyl (C=O) groups is 1. The van der Waals surface area contributed by atoms with Gasteiger partial charge in [-0.25, -0.2) is 0 Å². The lowest BCUT2D eigenvalue weighted by Crippen LogP contribution is -2.32. The van der Waals surface area contributed by atoms with Gasteiger partial charge in [-0.3, -0.25) is 15.2 Å². The van der Waals surface area contributed by atoms with Crippen LogP contribution in [0.25, 0.3) is 0 Å². The van der Waals surface area contributed by atoms with Gasteiger partial charge in [-0.05, 0) is 37.1 Å². The number of ether oxygens (including phenoxy) is 2. The number of aromatic nitrogens is 3. The van der Waals surface area contributed by atoms with Gasteiger partial charge >= 0.3 is 0 Å². The van der Waals surface area contributed by atoms with Crippen molar-refractivity contribution in [3.8, 4) is 11.5 Å². The van der Waals surface area contributed by atoms with E-state index in [4.69, 9.17) is 9.47 Å². The first-order valence-corrected chi connectivity index (χ1v) is 6.65. The number of nitrogens with one attached hydrogen (secondary N) is 2. The number of amides is 1. The standard InChI is InChI=1S/C14H16N4O3/c1-8-15-14(18-17-8)16-13(19)10-5-9-6-11(20-2)3-4-12(9)21-7-10/h3-4,6,10H,5,7H2,1-2H3,(H2,15,16,17,18,19). The lowest BCUT2D eigenvalue weighted by Gasteiger charge is -2.24. The normalized spacial score (nSPS) is 16.8. The Hall–Kier alpha value is -2.57. The third-order valence-electron chi connectivity index (χ3n) is 3.38. The average molecular weight is 288 g/mol. The van der Waals surface area contributed by atoms with Crippen LogP contribution in [-0.2, 0) is 11.2 Å². The van der Waals surface area contributed by atoms with Crippen LogP contribution in [0, 0.1) is 12.8 Å². The molecule has 2 N–H and O–H groups in total. The highest BCUT2D eigenvalue weighted by atomic mass is 16.5. The second kappa shape index (κ2) is 5.43. The van der Waals surface area contributed by atoms with Crippen LogP contribution in [0.2, 0.25) is 0 Å². The van der Waals surface area contributed by atoms with Crippen LogP contribution in [0.3, 0.4) is 0 Å². The summed E-state index contributed by atoms with van der Waals surface area (Å²) in [6.07, 6.45) is 0.599. The molecule has 1 atom stereocenters. The van der Waals surface area contributed by atoms with Crippen molar-refractivity contribution >= 4 is 11.9 Å². The molecule has 1 amide bonds. The van der Waals surface area contributed by atoms with E-state index in [9.17, 15) is 4.79 Å². The number of nitrogens with zero attached hydrogens (tertiary/aromatic N) is 2. The second-order valence-corrected chi connectivity index (χ2v) is 4.92. The summed E-state index contributed by atoms with van der Waals surface area (Å²) < 4.78 is 10.8. The van der Waals surface area contributed by atoms with Crippen LogP contribution < -0.4 is 14.8 Å². The van der Waals surface area contributed by atoms with E-state index in [0.29, 0.717) is 18.9 Å². The molecule has 21 heavy (non-hydrogen) atoms. The minimum Gasteiger partial charge on any atom is -0.497 e. The van der Waals surface area contributed by atoms with Crippen LogP contribution in [0.5, 0.6) is 11.5 Å². The fraction of sp³-hybridized carbons (Fsp3) is 0.357. The summed E-state index contributed by atoms with van der Waals surface area (Å²) in [5, 5.41) is 9.27. The Labute approximate surface area is 121 Å². The average Bonchev–Trinajstić information content (AvgIpc) is 2.91. The molecule has 0 saturated carbocycles. The Morgan fingerprint density at radius 1 is 1.52 bits per heavy atom. The van der Waals surface area contributed by atoms with Crippen molar-refractivity contribution in [2.24, 2.45) is 5.92 Å². The van der Waals surface area contributed by atoms with E-state index in [1.54, 1.807) is 14.0 Å². The number of methoxy groups -OCH3 is 1. The van der Waals surface area contributed by atoms with Gasteiger partial charge in [-0.2, -0.15) is 4.98 Å². The zero-order chi connectivity index (χ0) is 14.8. The Bertz CT molecular complexity index is 668. The molecule has 0 saturated heterocycles. The van der Waals surface area contributed by atoms with Gasteiger partial charge in [-0.15, -0.1) is 5.10 Å². The lowest BCUT2D eigenvalue weighted by molar-refractivity contribution is -0.121. The van der Waals surface area contributed by atoms with Crippen molar-refractivity contribution < 1.29 is 14.3 Å². The predicted molar refractivity (Wildman–Crippen MR) is 75.4 cm³/mol. The Morgan fingerprint density at radius 3 is 3.10 bits per heavy atom. The van der Waals surface area contributed by atoms with Crippen LogP contribution in [-0.4, -0.2) is 34.8 Å². The fourth-order valence-electron chi connectivity index (χ4n) is 2.28. The summed E-state index contributed by atoms with van der Waals surface area (Å²) in [7, 11) is 1.61. The Balaban J connectivity index is 1.71. The third-order valence-corrected chi connectivity index (χ3v) is 3.38. The highest BCUT2D eigenvalue weighted by Gasteiger charge is 2.27. The molecule has 0 spiro atoms. The molecule has 1 aliphatic heterocycles. The molecule has 2 heterocycles. The van der Waals surface area contributed by atoms with Crippen molar-refractivity contribution in [1.29, 1.82) is 0 Å². The molecular formula is C14H16N4O3. The zero-order valence-corrected chi connectivity index (χ0v) is 11.8. The Morgan fingerprint density at radius 2 is 2.38 bits per heavy atom. The molecule has 3 rings (SSSR count). The van der Waals surface area contributed by atoms with Gasteiger partial charge in [-0.1, -0.05) is 0 Å². The number of aromatic amines is 1. The number of rotatable bonds is 3. The molecule has 1 aliphatic rings. The smallest absolute Gasteiger partial charge is 0.248 e. The van der Waals surface area contributed by atoms with Gasteiger partial charge in [0.1, 0.15) is 23.9 Å². The van der Waals surface area contributed by atoms with Crippen LogP contribution in [0.1, 0.15) is 11.4 Å². The van der Waals surface area contributed by atoms with Gasteiger partial charge in [0, 0.05) is 0 Å². The number of hydrogen-bond donors (Lipinski definition) is 2. The van der Waals surface area contributed by atoms with Crippen LogP contribution >= 0.6 is 0 Å². The zero-order valence-electron chi connectivity index (χ0n) is 11.8. The molecule has 1 aromatic carbocycles. The van der Waals surface area contributed by atoms with E-state index in [0.717, 1.165) is 17.1 Å². The molecule has 7 heteroatoms. The summed E-state index contributed by atoms with van der Waals surface area (Å²) in [4.78, 5) is 16.3. The molecule has 2 aromatic rings. The highest BCUT2D eigenvalue weighted by molar-refractivity contribution is 5.91. The minimum atomic E-state index is -0.275. The fourth-order valence-corrected chi connectivity index (χ4v) is 2.28.